The number of halogens is 2. The number of hydrogen-bond donors (Lipinski definition) is 1. The normalized spacial score (nSPS) is 33.5. The Hall–Kier alpha value is -0.840. The summed E-state index contributed by atoms with van der Waals surface area (Å²) in [5.74, 6) is 2.77. The monoisotopic (exact) mass is 358 g/mol. The van der Waals surface area contributed by atoms with Crippen LogP contribution in [0.25, 0.3) is 0 Å². The molecule has 128 valence electrons. The molecule has 0 radical (unpaired) electrons. The zero-order chi connectivity index (χ0) is 14.4. The summed E-state index contributed by atoms with van der Waals surface area (Å²) in [6.45, 7) is 0.394. The Morgan fingerprint density at radius 2 is 1.70 bits per heavy atom. The van der Waals surface area contributed by atoms with Crippen LogP contribution in [-0.2, 0) is 11.3 Å². The van der Waals surface area contributed by atoms with Crippen molar-refractivity contribution in [3.8, 4) is 0 Å². The number of nitrogens with two attached hydrogens (primary N) is 1. The van der Waals surface area contributed by atoms with Crippen molar-refractivity contribution in [2.24, 2.45) is 29.4 Å². The van der Waals surface area contributed by atoms with Gasteiger partial charge >= 0.3 is 5.97 Å². The first-order chi connectivity index (χ1) is 10.2. The smallest absolute Gasteiger partial charge is 0.339 e. The van der Waals surface area contributed by atoms with E-state index in [-0.39, 0.29) is 36.9 Å². The Morgan fingerprint density at radius 3 is 2.17 bits per heavy atom. The molecule has 4 fully saturated rings. The summed E-state index contributed by atoms with van der Waals surface area (Å²) in [7, 11) is 0. The van der Waals surface area contributed by atoms with E-state index in [1.165, 1.54) is 32.1 Å². The van der Waals surface area contributed by atoms with Gasteiger partial charge in [0.25, 0.3) is 0 Å². The molecule has 6 heteroatoms. The molecule has 1 aromatic heterocycles. The van der Waals surface area contributed by atoms with Gasteiger partial charge in [-0.25, -0.2) is 4.79 Å². The first kappa shape index (κ1) is 18.5. The van der Waals surface area contributed by atoms with Crippen molar-refractivity contribution in [1.82, 2.24) is 4.98 Å². The number of aromatic nitrogens is 1. The van der Waals surface area contributed by atoms with E-state index in [9.17, 15) is 4.79 Å². The fraction of sp³-hybridized carbons (Fsp3) is 0.647. The lowest BCUT2D eigenvalue weighted by atomic mass is 9.55. The van der Waals surface area contributed by atoms with E-state index in [1.807, 2.05) is 0 Å². The summed E-state index contributed by atoms with van der Waals surface area (Å²) in [6, 6.07) is 3.57. The Kier molecular flexibility index (Phi) is 5.93. The Balaban J connectivity index is 0.000000960. The average Bonchev–Trinajstić information content (AvgIpc) is 2.50. The number of carbonyl (C=O) groups excluding carboxylic acids is 1. The van der Waals surface area contributed by atoms with Gasteiger partial charge in [-0.2, -0.15) is 0 Å². The molecule has 0 atom stereocenters. The fourth-order valence-corrected chi connectivity index (χ4v) is 4.93. The van der Waals surface area contributed by atoms with E-state index in [0.717, 1.165) is 17.5 Å². The summed E-state index contributed by atoms with van der Waals surface area (Å²) in [4.78, 5) is 16.5. The van der Waals surface area contributed by atoms with Gasteiger partial charge in [0.2, 0.25) is 0 Å². The van der Waals surface area contributed by atoms with Gasteiger partial charge in [0.05, 0.1) is 11.3 Å². The van der Waals surface area contributed by atoms with E-state index in [2.05, 4.69) is 4.98 Å². The molecule has 4 nitrogen and oxygen atoms in total. The molecule has 4 bridgehead atoms. The Labute approximate surface area is 149 Å². The molecule has 5 rings (SSSR count). The minimum Gasteiger partial charge on any atom is -0.458 e. The molecular weight excluding hydrogens is 335 g/mol. The van der Waals surface area contributed by atoms with Crippen LogP contribution in [0.1, 0.15) is 48.2 Å². The van der Waals surface area contributed by atoms with Crippen LogP contribution in [0.2, 0.25) is 0 Å². The summed E-state index contributed by atoms with van der Waals surface area (Å²) in [5, 5.41) is 0. The minimum absolute atomic E-state index is 0. The molecule has 4 aliphatic rings. The number of ether oxygens (including phenoxy) is 1. The molecule has 0 aliphatic heterocycles. The minimum atomic E-state index is -0.219. The van der Waals surface area contributed by atoms with Crippen molar-refractivity contribution in [2.75, 3.05) is 0 Å². The summed E-state index contributed by atoms with van der Waals surface area (Å²) in [5.41, 5.74) is 6.86. The maximum Gasteiger partial charge on any atom is 0.339 e. The molecule has 23 heavy (non-hydrogen) atoms. The zero-order valence-corrected chi connectivity index (χ0v) is 14.7. The summed E-state index contributed by atoms with van der Waals surface area (Å²) in [6.07, 6.45) is 8.17. The molecule has 2 N–H and O–H groups in total. The highest BCUT2D eigenvalue weighted by molar-refractivity contribution is 5.89. The van der Waals surface area contributed by atoms with Gasteiger partial charge in [0.1, 0.15) is 6.10 Å². The van der Waals surface area contributed by atoms with E-state index in [4.69, 9.17) is 10.5 Å². The van der Waals surface area contributed by atoms with Crippen LogP contribution in [0, 0.1) is 23.7 Å². The highest BCUT2D eigenvalue weighted by Gasteiger charge is 2.49. The van der Waals surface area contributed by atoms with E-state index >= 15 is 0 Å². The lowest BCUT2D eigenvalue weighted by Crippen LogP contribution is -2.50. The molecule has 1 heterocycles. The number of carbonyl (C=O) groups is 1. The molecule has 4 aliphatic carbocycles. The van der Waals surface area contributed by atoms with Gasteiger partial charge in [-0.15, -0.1) is 24.8 Å². The van der Waals surface area contributed by atoms with Crippen molar-refractivity contribution in [3.05, 3.63) is 29.6 Å². The third-order valence-electron chi connectivity index (χ3n) is 5.65. The topological polar surface area (TPSA) is 65.2 Å². The first-order valence-electron chi connectivity index (χ1n) is 8.09. The van der Waals surface area contributed by atoms with E-state index < -0.39 is 0 Å². The van der Waals surface area contributed by atoms with Crippen molar-refractivity contribution in [1.29, 1.82) is 0 Å². The standard InChI is InChI=1S/C17H22N2O2.2ClH/c18-8-15-2-1-12(9-19-15)17(20)21-16-13-4-10-3-11(6-13)7-14(16)5-10;;/h1-2,9-11,13-14,16H,3-8,18H2;2*1H. The van der Waals surface area contributed by atoms with Crippen LogP contribution in [-0.4, -0.2) is 17.1 Å². The van der Waals surface area contributed by atoms with Gasteiger partial charge in [-0.3, -0.25) is 4.98 Å². The third kappa shape index (κ3) is 3.49. The predicted molar refractivity (Wildman–Crippen MR) is 92.9 cm³/mol. The van der Waals surface area contributed by atoms with Crippen molar-refractivity contribution >= 4 is 30.8 Å². The SMILES string of the molecule is Cl.Cl.NCc1ccc(C(=O)OC2C3CC4CC(C3)CC2C4)cn1. The van der Waals surface area contributed by atoms with Crippen molar-refractivity contribution in [3.63, 3.8) is 0 Å². The molecule has 4 saturated carbocycles. The number of rotatable bonds is 3. The van der Waals surface area contributed by atoms with Gasteiger partial charge in [-0.05, 0) is 67.9 Å². The Bertz CT molecular complexity index is 522. The number of pyridine rings is 1. The number of esters is 1. The molecular formula is C17H24Cl2N2O2. The lowest BCUT2D eigenvalue weighted by molar-refractivity contribution is -0.101. The molecule has 0 spiro atoms. The second-order valence-corrected chi connectivity index (χ2v) is 7.04. The molecule has 0 aromatic carbocycles. The van der Waals surface area contributed by atoms with Gasteiger partial charge < -0.3 is 10.5 Å². The maximum atomic E-state index is 12.3. The van der Waals surface area contributed by atoms with Gasteiger partial charge in [-0.1, -0.05) is 0 Å². The van der Waals surface area contributed by atoms with Crippen LogP contribution in [0.15, 0.2) is 18.3 Å². The Morgan fingerprint density at radius 1 is 1.09 bits per heavy atom. The van der Waals surface area contributed by atoms with E-state index in [0.29, 0.717) is 23.9 Å². The second-order valence-electron chi connectivity index (χ2n) is 7.04. The van der Waals surface area contributed by atoms with Crippen LogP contribution in [0.5, 0.6) is 0 Å². The fourth-order valence-electron chi connectivity index (χ4n) is 4.93. The van der Waals surface area contributed by atoms with Crippen LogP contribution < -0.4 is 5.73 Å². The highest BCUT2D eigenvalue weighted by atomic mass is 35.5. The number of hydrogen-bond acceptors (Lipinski definition) is 4. The average molecular weight is 359 g/mol. The molecule has 0 saturated heterocycles. The summed E-state index contributed by atoms with van der Waals surface area (Å²) >= 11 is 0. The van der Waals surface area contributed by atoms with Crippen molar-refractivity contribution < 1.29 is 9.53 Å². The molecule has 1 aromatic rings. The third-order valence-corrected chi connectivity index (χ3v) is 5.65. The van der Waals surface area contributed by atoms with Crippen LogP contribution >= 0.6 is 24.8 Å². The number of nitrogens with zero attached hydrogens (tertiary/aromatic N) is 1. The van der Waals surface area contributed by atoms with Gasteiger partial charge in [0.15, 0.2) is 0 Å². The lowest BCUT2D eigenvalue weighted by Gasteiger charge is -2.53. The second kappa shape index (κ2) is 7.37. The van der Waals surface area contributed by atoms with E-state index in [1.54, 1.807) is 18.3 Å². The molecule has 0 unspecified atom stereocenters. The van der Waals surface area contributed by atoms with Gasteiger partial charge in [0, 0.05) is 12.7 Å². The maximum absolute atomic E-state index is 12.3. The predicted octanol–water partition coefficient (Wildman–Crippen LogP) is 3.37. The quantitative estimate of drug-likeness (QED) is 0.841. The van der Waals surface area contributed by atoms with Crippen LogP contribution in [0.4, 0.5) is 0 Å². The summed E-state index contributed by atoms with van der Waals surface area (Å²) < 4.78 is 5.88. The molecule has 0 amide bonds. The van der Waals surface area contributed by atoms with Crippen LogP contribution in [0.3, 0.4) is 0 Å². The first-order valence-corrected chi connectivity index (χ1v) is 8.09. The van der Waals surface area contributed by atoms with Crippen molar-refractivity contribution in [2.45, 2.75) is 44.8 Å². The zero-order valence-electron chi connectivity index (χ0n) is 13.0. The highest BCUT2D eigenvalue weighted by Crippen LogP contribution is 2.54. The largest absolute Gasteiger partial charge is 0.458 e.